The van der Waals surface area contributed by atoms with E-state index in [0.717, 1.165) is 18.4 Å². The van der Waals surface area contributed by atoms with Gasteiger partial charge in [0.25, 0.3) is 0 Å². The number of amides is 4. The molecule has 0 aromatic heterocycles. The molecule has 1 spiro atoms. The van der Waals surface area contributed by atoms with Crippen LogP contribution < -0.4 is 16.0 Å². The van der Waals surface area contributed by atoms with E-state index in [1.54, 1.807) is 37.3 Å². The highest BCUT2D eigenvalue weighted by Gasteiger charge is 2.69. The number of rotatable bonds is 8. The molecule has 0 radical (unpaired) electrons. The number of nitrogens with one attached hydrogen (secondary N) is 3. The summed E-state index contributed by atoms with van der Waals surface area (Å²) in [4.78, 5) is 55.6. The smallest absolute Gasteiger partial charge is 0.343 e. The Balaban J connectivity index is 1.39. The van der Waals surface area contributed by atoms with E-state index in [2.05, 4.69) is 22.7 Å². The number of hydrogen-bond donors (Lipinski definition) is 3. The predicted molar refractivity (Wildman–Crippen MR) is 149 cm³/mol. The van der Waals surface area contributed by atoms with Crippen LogP contribution in [0, 0.1) is 16.7 Å². The van der Waals surface area contributed by atoms with E-state index in [4.69, 9.17) is 0 Å². The molecule has 5 rings (SSSR count). The Morgan fingerprint density at radius 2 is 1.79 bits per heavy atom. The molecular formula is C30H39F3N5O4+. The number of benzene rings is 1. The summed E-state index contributed by atoms with van der Waals surface area (Å²) in [7, 11) is 1.72. The molecule has 1 saturated heterocycles. The van der Waals surface area contributed by atoms with Gasteiger partial charge in [-0.2, -0.15) is 13.2 Å². The summed E-state index contributed by atoms with van der Waals surface area (Å²) in [6.45, 7) is 9.04. The molecule has 4 aliphatic rings. The molecule has 3 N–H and O–H groups in total. The first-order chi connectivity index (χ1) is 19.5. The monoisotopic (exact) mass is 590 g/mol. The van der Waals surface area contributed by atoms with E-state index in [9.17, 15) is 32.3 Å². The van der Waals surface area contributed by atoms with Crippen molar-refractivity contribution in [3.05, 3.63) is 29.8 Å². The minimum Gasteiger partial charge on any atom is -0.343 e. The summed E-state index contributed by atoms with van der Waals surface area (Å²) in [5.41, 5.74) is -2.90. The Bertz CT molecular complexity index is 1330. The van der Waals surface area contributed by atoms with E-state index in [-0.39, 0.29) is 31.2 Å². The van der Waals surface area contributed by atoms with E-state index < -0.39 is 58.4 Å². The van der Waals surface area contributed by atoms with Gasteiger partial charge in [-0.1, -0.05) is 51.8 Å². The largest absolute Gasteiger partial charge is 0.403 e. The number of halogens is 3. The Hall–Kier alpha value is -3.44. The van der Waals surface area contributed by atoms with Crippen LogP contribution in [-0.4, -0.2) is 77.8 Å². The van der Waals surface area contributed by atoms with Crippen LogP contribution in [0.2, 0.25) is 0 Å². The molecule has 228 valence electrons. The van der Waals surface area contributed by atoms with Gasteiger partial charge in [-0.25, -0.2) is 4.58 Å². The molecule has 2 heterocycles. The van der Waals surface area contributed by atoms with Crippen molar-refractivity contribution in [1.82, 2.24) is 15.5 Å². The van der Waals surface area contributed by atoms with Gasteiger partial charge in [-0.3, -0.25) is 24.1 Å². The lowest BCUT2D eigenvalue weighted by Gasteiger charge is -2.34. The maximum absolute atomic E-state index is 14.2. The molecule has 42 heavy (non-hydrogen) atoms. The Labute approximate surface area is 243 Å². The normalized spacial score (nSPS) is 25.8. The van der Waals surface area contributed by atoms with Crippen LogP contribution in [0.3, 0.4) is 0 Å². The lowest BCUT2D eigenvalue weighted by molar-refractivity contribution is -0.549. The van der Waals surface area contributed by atoms with Crippen LogP contribution >= 0.6 is 0 Å². The van der Waals surface area contributed by atoms with Gasteiger partial charge in [0, 0.05) is 12.2 Å². The summed E-state index contributed by atoms with van der Waals surface area (Å²) in [6, 6.07) is 5.07. The molecule has 4 amide bonds. The molecule has 3 fully saturated rings. The van der Waals surface area contributed by atoms with Gasteiger partial charge in [0.1, 0.15) is 36.7 Å². The van der Waals surface area contributed by atoms with Gasteiger partial charge in [-0.15, -0.1) is 0 Å². The molecule has 12 heteroatoms. The molecular weight excluding hydrogens is 551 g/mol. The third-order valence-electron chi connectivity index (χ3n) is 9.26. The van der Waals surface area contributed by atoms with Crippen molar-refractivity contribution in [3.8, 4) is 0 Å². The van der Waals surface area contributed by atoms with Crippen molar-refractivity contribution in [3.63, 3.8) is 0 Å². The SMILES string of the molecule is C=[N+](C)[C@@H]1C[C@@]2(CN1C(=O)[C@H](CC1CC1)NC(=O)[C@@H](NC(=O)C1(C(F)(F)F)CC1)C(C)(C)C)C(=O)Nc1ccccc12. The van der Waals surface area contributed by atoms with Crippen molar-refractivity contribution in [2.45, 2.75) is 89.1 Å². The summed E-state index contributed by atoms with van der Waals surface area (Å²) in [5, 5.41) is 8.08. The highest BCUT2D eigenvalue weighted by molar-refractivity contribution is 6.07. The predicted octanol–water partition coefficient (Wildman–Crippen LogP) is 2.94. The molecule has 1 aromatic carbocycles. The van der Waals surface area contributed by atoms with Crippen LogP contribution in [0.25, 0.3) is 0 Å². The van der Waals surface area contributed by atoms with Crippen molar-refractivity contribution in [2.24, 2.45) is 16.7 Å². The van der Waals surface area contributed by atoms with Gasteiger partial charge in [0.15, 0.2) is 0 Å². The van der Waals surface area contributed by atoms with Gasteiger partial charge in [-0.05, 0) is 42.2 Å². The minimum absolute atomic E-state index is 0.0871. The standard InChI is InChI=1S/C30H38F3N5O4/c1-27(2,3)22(36-26(42)29(12-13-29)30(31,32)33)23(39)34-20(14-17-10-11-17)24(40)38-16-28(15-21(38)37(4)5)18-8-6-7-9-19(18)35-25(28)41/h6-9,17,20-22H,4,10-16H2,1-3,5H3,(H2-,34,35,36,39,41,42)/p+1/t20-,21-,22+,28-/m0/s1. The number of fused-ring (bicyclic) bond motifs is 2. The van der Waals surface area contributed by atoms with Crippen molar-refractivity contribution in [2.75, 3.05) is 18.9 Å². The average Bonchev–Trinajstić information content (AvgIpc) is 3.82. The lowest BCUT2D eigenvalue weighted by Crippen LogP contribution is -2.60. The fourth-order valence-corrected chi connectivity index (χ4v) is 6.31. The summed E-state index contributed by atoms with van der Waals surface area (Å²) < 4.78 is 42.5. The number of para-hydroxylation sites is 1. The Kier molecular flexibility index (Phi) is 7.21. The number of hydrogen-bond acceptors (Lipinski definition) is 4. The van der Waals surface area contributed by atoms with E-state index in [0.29, 0.717) is 18.5 Å². The zero-order valence-electron chi connectivity index (χ0n) is 24.4. The fraction of sp³-hybridized carbons (Fsp3) is 0.633. The highest BCUT2D eigenvalue weighted by atomic mass is 19.4. The first-order valence-electron chi connectivity index (χ1n) is 14.4. The van der Waals surface area contributed by atoms with E-state index in [1.165, 1.54) is 0 Å². The van der Waals surface area contributed by atoms with Crippen LogP contribution in [0.15, 0.2) is 24.3 Å². The molecule has 0 unspecified atom stereocenters. The molecule has 2 aliphatic carbocycles. The van der Waals surface area contributed by atoms with Crippen LogP contribution in [0.4, 0.5) is 18.9 Å². The van der Waals surface area contributed by atoms with Gasteiger partial charge in [0.05, 0.1) is 6.42 Å². The van der Waals surface area contributed by atoms with Crippen molar-refractivity contribution < 1.29 is 36.9 Å². The first kappa shape index (κ1) is 30.0. The average molecular weight is 591 g/mol. The third kappa shape index (κ3) is 5.17. The maximum Gasteiger partial charge on any atom is 0.403 e. The second-order valence-electron chi connectivity index (χ2n) is 13.6. The number of nitrogens with zero attached hydrogens (tertiary/aromatic N) is 2. The zero-order chi connectivity index (χ0) is 30.8. The van der Waals surface area contributed by atoms with Crippen LogP contribution in [0.1, 0.15) is 64.9 Å². The molecule has 2 aliphatic heterocycles. The van der Waals surface area contributed by atoms with Crippen LogP contribution in [-0.2, 0) is 24.6 Å². The first-order valence-corrected chi connectivity index (χ1v) is 14.4. The molecule has 1 aromatic rings. The molecule has 9 nitrogen and oxygen atoms in total. The zero-order valence-corrected chi connectivity index (χ0v) is 24.4. The number of likely N-dealkylation sites (tertiary alicyclic amines) is 1. The van der Waals surface area contributed by atoms with Crippen molar-refractivity contribution >= 4 is 36.0 Å². The van der Waals surface area contributed by atoms with Gasteiger partial charge >= 0.3 is 6.18 Å². The third-order valence-corrected chi connectivity index (χ3v) is 9.26. The number of carbonyl (C=O) groups excluding carboxylic acids is 4. The van der Waals surface area contributed by atoms with Gasteiger partial charge in [0.2, 0.25) is 29.8 Å². The number of anilines is 1. The second-order valence-corrected chi connectivity index (χ2v) is 13.6. The quantitative estimate of drug-likeness (QED) is 0.320. The summed E-state index contributed by atoms with van der Waals surface area (Å²) in [6.07, 6.45) is -3.45. The Morgan fingerprint density at radius 1 is 1.14 bits per heavy atom. The number of alkyl halides is 3. The summed E-state index contributed by atoms with van der Waals surface area (Å²) in [5.74, 6) is -2.32. The van der Waals surface area contributed by atoms with E-state index >= 15 is 0 Å². The topological polar surface area (TPSA) is 111 Å². The molecule has 0 bridgehead atoms. The molecule has 4 atom stereocenters. The maximum atomic E-state index is 14.2. The highest BCUT2D eigenvalue weighted by Crippen LogP contribution is 2.58. The molecule has 2 saturated carbocycles. The van der Waals surface area contributed by atoms with Crippen LogP contribution in [0.5, 0.6) is 0 Å². The lowest BCUT2D eigenvalue weighted by atomic mass is 9.80. The van der Waals surface area contributed by atoms with Crippen molar-refractivity contribution in [1.29, 1.82) is 0 Å². The van der Waals surface area contributed by atoms with Gasteiger partial charge < -0.3 is 16.0 Å². The summed E-state index contributed by atoms with van der Waals surface area (Å²) >= 11 is 0. The second kappa shape index (κ2) is 10.1. The Morgan fingerprint density at radius 3 is 2.33 bits per heavy atom. The minimum atomic E-state index is -4.72. The van der Waals surface area contributed by atoms with E-state index in [1.807, 2.05) is 24.3 Å². The number of carbonyl (C=O) groups is 4. The fourth-order valence-electron chi connectivity index (χ4n) is 6.31.